The van der Waals surface area contributed by atoms with Gasteiger partial charge in [0.2, 0.25) is 10.0 Å². The van der Waals surface area contributed by atoms with Crippen LogP contribution in [0, 0.1) is 0 Å². The molecule has 144 valence electrons. The van der Waals surface area contributed by atoms with Crippen molar-refractivity contribution in [2.45, 2.75) is 56.6 Å². The molecule has 0 spiro atoms. The van der Waals surface area contributed by atoms with Gasteiger partial charge in [0.15, 0.2) is 0 Å². The lowest BCUT2D eigenvalue weighted by Gasteiger charge is -2.30. The number of nitrogens with zero attached hydrogens (tertiary/aromatic N) is 4. The van der Waals surface area contributed by atoms with E-state index in [0.29, 0.717) is 42.9 Å². The van der Waals surface area contributed by atoms with Gasteiger partial charge < -0.3 is 9.30 Å². The quantitative estimate of drug-likeness (QED) is 0.818. The molecule has 8 nitrogen and oxygen atoms in total. The van der Waals surface area contributed by atoms with E-state index in [1.807, 2.05) is 25.5 Å². The van der Waals surface area contributed by atoms with E-state index in [1.54, 1.807) is 24.3 Å². The minimum Gasteiger partial charge on any atom is -0.372 e. The minimum atomic E-state index is -3.64. The summed E-state index contributed by atoms with van der Waals surface area (Å²) in [5, 5.41) is 4.39. The monoisotopic (exact) mass is 381 g/mol. The molecule has 26 heavy (non-hydrogen) atoms. The Morgan fingerprint density at radius 2 is 2.08 bits per heavy atom. The SMILES string of the molecule is CCc1nn(C)c(CC)c1S(=O)(=O)NC1CCOC(c2cncn2C)C1. The first kappa shape index (κ1) is 19.1. The number of nitrogens with one attached hydrogen (secondary N) is 1. The van der Waals surface area contributed by atoms with E-state index in [-0.39, 0.29) is 12.1 Å². The van der Waals surface area contributed by atoms with Crippen LogP contribution in [0.5, 0.6) is 0 Å². The summed E-state index contributed by atoms with van der Waals surface area (Å²) in [6.45, 7) is 4.38. The Balaban J connectivity index is 1.83. The third-order valence-electron chi connectivity index (χ3n) is 4.91. The van der Waals surface area contributed by atoms with Gasteiger partial charge in [-0.1, -0.05) is 13.8 Å². The Labute approximate surface area is 154 Å². The van der Waals surface area contributed by atoms with E-state index in [1.165, 1.54) is 0 Å². The van der Waals surface area contributed by atoms with E-state index in [2.05, 4.69) is 14.8 Å². The molecular weight excluding hydrogens is 354 g/mol. The highest BCUT2D eigenvalue weighted by Gasteiger charge is 2.32. The van der Waals surface area contributed by atoms with Gasteiger partial charge in [0, 0.05) is 26.7 Å². The molecule has 1 aliphatic heterocycles. The summed E-state index contributed by atoms with van der Waals surface area (Å²) in [5.41, 5.74) is 2.32. The number of sulfonamides is 1. The van der Waals surface area contributed by atoms with Crippen molar-refractivity contribution in [2.24, 2.45) is 14.1 Å². The van der Waals surface area contributed by atoms with Crippen molar-refractivity contribution < 1.29 is 13.2 Å². The zero-order valence-electron chi connectivity index (χ0n) is 15.8. The van der Waals surface area contributed by atoms with Crippen molar-refractivity contribution in [2.75, 3.05) is 6.61 Å². The summed E-state index contributed by atoms with van der Waals surface area (Å²) in [7, 11) is 0.0701. The molecule has 1 fully saturated rings. The number of hydrogen-bond donors (Lipinski definition) is 1. The smallest absolute Gasteiger partial charge is 0.244 e. The molecule has 0 saturated carbocycles. The lowest BCUT2D eigenvalue weighted by Crippen LogP contribution is -2.40. The molecular formula is C17H27N5O3S. The van der Waals surface area contributed by atoms with Crippen molar-refractivity contribution in [3.8, 4) is 0 Å². The third kappa shape index (κ3) is 3.56. The summed E-state index contributed by atoms with van der Waals surface area (Å²) in [6, 6.07) is -0.178. The highest BCUT2D eigenvalue weighted by atomic mass is 32.2. The lowest BCUT2D eigenvalue weighted by atomic mass is 10.0. The highest BCUT2D eigenvalue weighted by Crippen LogP contribution is 2.29. The minimum absolute atomic E-state index is 0.158. The molecule has 2 aromatic rings. The van der Waals surface area contributed by atoms with Crippen LogP contribution in [0.15, 0.2) is 17.4 Å². The van der Waals surface area contributed by atoms with E-state index < -0.39 is 10.0 Å². The fourth-order valence-corrected chi connectivity index (χ4v) is 5.45. The summed E-state index contributed by atoms with van der Waals surface area (Å²) in [5.74, 6) is 0. The van der Waals surface area contributed by atoms with Crippen molar-refractivity contribution in [3.05, 3.63) is 29.6 Å². The maximum absolute atomic E-state index is 13.1. The second-order valence-electron chi connectivity index (χ2n) is 6.68. The Kier molecular flexibility index (Phi) is 5.50. The van der Waals surface area contributed by atoms with Gasteiger partial charge in [-0.05, 0) is 25.7 Å². The highest BCUT2D eigenvalue weighted by molar-refractivity contribution is 7.89. The van der Waals surface area contributed by atoms with Crippen LogP contribution in [0.3, 0.4) is 0 Å². The maximum Gasteiger partial charge on any atom is 0.244 e. The fraction of sp³-hybridized carbons (Fsp3) is 0.647. The molecule has 3 rings (SSSR count). The van der Waals surface area contributed by atoms with Crippen LogP contribution in [-0.4, -0.2) is 40.4 Å². The van der Waals surface area contributed by atoms with Crippen molar-refractivity contribution in [1.82, 2.24) is 24.1 Å². The van der Waals surface area contributed by atoms with E-state index in [4.69, 9.17) is 4.74 Å². The van der Waals surface area contributed by atoms with E-state index in [0.717, 1.165) is 11.4 Å². The molecule has 2 unspecified atom stereocenters. The second-order valence-corrected chi connectivity index (χ2v) is 8.34. The Morgan fingerprint density at radius 3 is 2.69 bits per heavy atom. The summed E-state index contributed by atoms with van der Waals surface area (Å²) in [4.78, 5) is 4.47. The molecule has 0 amide bonds. The van der Waals surface area contributed by atoms with Gasteiger partial charge in [-0.25, -0.2) is 18.1 Å². The first-order chi connectivity index (χ1) is 12.4. The number of aromatic nitrogens is 4. The summed E-state index contributed by atoms with van der Waals surface area (Å²) < 4.78 is 38.5. The Hall–Kier alpha value is -1.71. The van der Waals surface area contributed by atoms with Gasteiger partial charge in [0.25, 0.3) is 0 Å². The van der Waals surface area contributed by atoms with Gasteiger partial charge in [-0.2, -0.15) is 5.10 Å². The molecule has 0 bridgehead atoms. The average Bonchev–Trinajstić information content (AvgIpc) is 3.17. The van der Waals surface area contributed by atoms with Crippen molar-refractivity contribution in [1.29, 1.82) is 0 Å². The Bertz CT molecular complexity index is 871. The van der Waals surface area contributed by atoms with Crippen LogP contribution in [-0.2, 0) is 41.7 Å². The summed E-state index contributed by atoms with van der Waals surface area (Å²) >= 11 is 0. The standard InChI is InChI=1S/C17H27N5O3S/c1-5-13-17(14(6-2)22(4)19-13)26(23,24)20-12-7-8-25-16(9-12)15-10-18-11-21(15)3/h10-12,16,20H,5-9H2,1-4H3. The topological polar surface area (TPSA) is 91.0 Å². The van der Waals surface area contributed by atoms with Gasteiger partial charge in [-0.3, -0.25) is 4.68 Å². The van der Waals surface area contributed by atoms with Crippen LogP contribution in [0.2, 0.25) is 0 Å². The van der Waals surface area contributed by atoms with Gasteiger partial charge in [0.05, 0.1) is 29.6 Å². The Morgan fingerprint density at radius 1 is 1.31 bits per heavy atom. The second kappa shape index (κ2) is 7.50. The fourth-order valence-electron chi connectivity index (χ4n) is 3.60. The maximum atomic E-state index is 13.1. The van der Waals surface area contributed by atoms with Gasteiger partial charge in [-0.15, -0.1) is 0 Å². The van der Waals surface area contributed by atoms with Crippen LogP contribution in [0.25, 0.3) is 0 Å². The van der Waals surface area contributed by atoms with Crippen molar-refractivity contribution in [3.63, 3.8) is 0 Å². The molecule has 2 aromatic heterocycles. The number of imidazole rings is 1. The molecule has 0 radical (unpaired) electrons. The first-order valence-corrected chi connectivity index (χ1v) is 10.5. The summed E-state index contributed by atoms with van der Waals surface area (Å²) in [6.07, 6.45) is 5.77. The van der Waals surface area contributed by atoms with Gasteiger partial charge >= 0.3 is 0 Å². The van der Waals surface area contributed by atoms with Crippen LogP contribution < -0.4 is 4.72 Å². The third-order valence-corrected chi connectivity index (χ3v) is 6.57. The largest absolute Gasteiger partial charge is 0.372 e. The van der Waals surface area contributed by atoms with Crippen LogP contribution in [0.1, 0.15) is 49.9 Å². The predicted octanol–water partition coefficient (Wildman–Crippen LogP) is 1.48. The van der Waals surface area contributed by atoms with E-state index >= 15 is 0 Å². The zero-order chi connectivity index (χ0) is 18.9. The van der Waals surface area contributed by atoms with Crippen LogP contribution in [0.4, 0.5) is 0 Å². The molecule has 1 N–H and O–H groups in total. The normalized spacial score (nSPS) is 21.2. The molecule has 2 atom stereocenters. The molecule has 1 saturated heterocycles. The van der Waals surface area contributed by atoms with Gasteiger partial charge in [0.1, 0.15) is 11.0 Å². The molecule has 0 aliphatic carbocycles. The number of aryl methyl sites for hydroxylation is 3. The molecule has 1 aliphatic rings. The lowest BCUT2D eigenvalue weighted by molar-refractivity contribution is -0.0000471. The van der Waals surface area contributed by atoms with E-state index in [9.17, 15) is 8.42 Å². The number of hydrogen-bond acceptors (Lipinski definition) is 5. The van der Waals surface area contributed by atoms with Crippen LogP contribution >= 0.6 is 0 Å². The number of rotatable bonds is 6. The van der Waals surface area contributed by atoms with Crippen molar-refractivity contribution >= 4 is 10.0 Å². The molecule has 3 heterocycles. The molecule has 9 heteroatoms. The number of ether oxygens (including phenoxy) is 1. The zero-order valence-corrected chi connectivity index (χ0v) is 16.6. The average molecular weight is 382 g/mol. The predicted molar refractivity (Wildman–Crippen MR) is 97.2 cm³/mol. The molecule has 0 aromatic carbocycles. The first-order valence-electron chi connectivity index (χ1n) is 9.02.